The number of sulfone groups is 1. The quantitative estimate of drug-likeness (QED) is 0.710. The number of carbonyl (C=O) groups excluding carboxylic acids is 1. The monoisotopic (exact) mass is 300 g/mol. The standard InChI is InChI=1S/C12H16N2O5S/c1-9(15)14-11(12(16)17)8-20(18,19)7-4-10-2-5-13-6-3-10/h2-3,5-6,11H,4,7-8H2,1H3,(H,14,15)(H,16,17)/t11-/m0/s1. The zero-order valence-electron chi connectivity index (χ0n) is 10.9. The van der Waals surface area contributed by atoms with Gasteiger partial charge in [0, 0.05) is 19.3 Å². The number of pyridine rings is 1. The second-order valence-corrected chi connectivity index (χ2v) is 6.54. The molecular weight excluding hydrogens is 284 g/mol. The van der Waals surface area contributed by atoms with E-state index in [1.807, 2.05) is 0 Å². The number of carboxylic acids is 1. The number of aliphatic carboxylic acids is 1. The fraction of sp³-hybridized carbons (Fsp3) is 0.417. The minimum Gasteiger partial charge on any atom is -0.480 e. The minimum atomic E-state index is -3.59. The first kappa shape index (κ1) is 16.1. The summed E-state index contributed by atoms with van der Waals surface area (Å²) >= 11 is 0. The van der Waals surface area contributed by atoms with Crippen LogP contribution in [0.15, 0.2) is 24.5 Å². The van der Waals surface area contributed by atoms with Gasteiger partial charge in [-0.15, -0.1) is 0 Å². The van der Waals surface area contributed by atoms with Gasteiger partial charge >= 0.3 is 5.97 Å². The molecule has 2 N–H and O–H groups in total. The molecule has 0 saturated carbocycles. The third-order valence-electron chi connectivity index (χ3n) is 2.55. The van der Waals surface area contributed by atoms with E-state index in [2.05, 4.69) is 10.3 Å². The lowest BCUT2D eigenvalue weighted by atomic mass is 10.2. The van der Waals surface area contributed by atoms with Gasteiger partial charge in [-0.1, -0.05) is 0 Å². The Morgan fingerprint density at radius 1 is 1.35 bits per heavy atom. The molecule has 0 fully saturated rings. The molecule has 1 aromatic heterocycles. The van der Waals surface area contributed by atoms with E-state index >= 15 is 0 Å². The molecule has 0 saturated heterocycles. The molecule has 0 radical (unpaired) electrons. The molecule has 0 bridgehead atoms. The van der Waals surface area contributed by atoms with Crippen molar-refractivity contribution in [1.82, 2.24) is 10.3 Å². The molecule has 1 amide bonds. The largest absolute Gasteiger partial charge is 0.480 e. The van der Waals surface area contributed by atoms with E-state index in [0.29, 0.717) is 0 Å². The van der Waals surface area contributed by atoms with Gasteiger partial charge in [0.25, 0.3) is 0 Å². The molecule has 0 unspecified atom stereocenters. The van der Waals surface area contributed by atoms with E-state index in [9.17, 15) is 18.0 Å². The molecular formula is C12H16N2O5S. The van der Waals surface area contributed by atoms with E-state index in [1.165, 1.54) is 0 Å². The summed E-state index contributed by atoms with van der Waals surface area (Å²) in [6.07, 6.45) is 3.38. The first-order valence-corrected chi connectivity index (χ1v) is 7.71. The Bertz CT molecular complexity index is 571. The number of carboxylic acid groups (broad SMARTS) is 1. The summed E-state index contributed by atoms with van der Waals surface area (Å²) in [7, 11) is -3.59. The van der Waals surface area contributed by atoms with Crippen molar-refractivity contribution in [3.8, 4) is 0 Å². The van der Waals surface area contributed by atoms with Crippen molar-refractivity contribution in [2.24, 2.45) is 0 Å². The summed E-state index contributed by atoms with van der Waals surface area (Å²) < 4.78 is 23.7. The molecule has 0 aliphatic heterocycles. The number of aromatic nitrogens is 1. The highest BCUT2D eigenvalue weighted by atomic mass is 32.2. The number of amides is 1. The van der Waals surface area contributed by atoms with Crippen LogP contribution in [-0.4, -0.2) is 47.9 Å². The van der Waals surface area contributed by atoms with Crippen LogP contribution in [0.1, 0.15) is 12.5 Å². The predicted molar refractivity (Wildman–Crippen MR) is 71.8 cm³/mol. The van der Waals surface area contributed by atoms with E-state index in [-0.39, 0.29) is 12.2 Å². The van der Waals surface area contributed by atoms with Crippen LogP contribution in [0.4, 0.5) is 0 Å². The number of aryl methyl sites for hydroxylation is 1. The summed E-state index contributed by atoms with van der Waals surface area (Å²) in [5.41, 5.74) is 0.801. The second-order valence-electron chi connectivity index (χ2n) is 4.31. The van der Waals surface area contributed by atoms with Crippen LogP contribution in [0.3, 0.4) is 0 Å². The van der Waals surface area contributed by atoms with E-state index in [0.717, 1.165) is 12.5 Å². The highest BCUT2D eigenvalue weighted by molar-refractivity contribution is 7.91. The molecule has 1 aromatic rings. The molecule has 1 heterocycles. The number of rotatable bonds is 7. The van der Waals surface area contributed by atoms with Gasteiger partial charge in [0.05, 0.1) is 11.5 Å². The van der Waals surface area contributed by atoms with Crippen molar-refractivity contribution in [2.45, 2.75) is 19.4 Å². The van der Waals surface area contributed by atoms with Crippen LogP contribution < -0.4 is 5.32 Å². The fourth-order valence-corrected chi connectivity index (χ4v) is 3.03. The molecule has 20 heavy (non-hydrogen) atoms. The van der Waals surface area contributed by atoms with Crippen molar-refractivity contribution < 1.29 is 23.1 Å². The Kier molecular flexibility index (Phi) is 5.63. The number of nitrogens with zero attached hydrogens (tertiary/aromatic N) is 1. The van der Waals surface area contributed by atoms with Gasteiger partial charge in [-0.05, 0) is 24.1 Å². The molecule has 8 heteroatoms. The van der Waals surface area contributed by atoms with Gasteiger partial charge in [0.2, 0.25) is 5.91 Å². The molecule has 0 aliphatic carbocycles. The van der Waals surface area contributed by atoms with Crippen molar-refractivity contribution in [3.05, 3.63) is 30.1 Å². The maximum atomic E-state index is 11.9. The number of hydrogen-bond acceptors (Lipinski definition) is 5. The lowest BCUT2D eigenvalue weighted by Crippen LogP contribution is -2.45. The number of hydrogen-bond donors (Lipinski definition) is 2. The maximum Gasteiger partial charge on any atom is 0.327 e. The Morgan fingerprint density at radius 2 is 1.95 bits per heavy atom. The van der Waals surface area contributed by atoms with Crippen LogP contribution in [0.5, 0.6) is 0 Å². The fourth-order valence-electron chi connectivity index (χ4n) is 1.58. The van der Waals surface area contributed by atoms with Crippen LogP contribution in [0.25, 0.3) is 0 Å². The van der Waals surface area contributed by atoms with Gasteiger partial charge in [0.1, 0.15) is 6.04 Å². The summed E-state index contributed by atoms with van der Waals surface area (Å²) in [5.74, 6) is -2.75. The van der Waals surface area contributed by atoms with E-state index in [4.69, 9.17) is 5.11 Å². The summed E-state index contributed by atoms with van der Waals surface area (Å²) in [5, 5.41) is 11.0. The molecule has 0 aromatic carbocycles. The first-order valence-electron chi connectivity index (χ1n) is 5.89. The molecule has 1 atom stereocenters. The van der Waals surface area contributed by atoms with Gasteiger partial charge in [0.15, 0.2) is 9.84 Å². The Labute approximate surface area is 116 Å². The van der Waals surface area contributed by atoms with E-state index < -0.39 is 33.5 Å². The third-order valence-corrected chi connectivity index (χ3v) is 4.21. The predicted octanol–water partition coefficient (Wildman–Crippen LogP) is -0.372. The zero-order chi connectivity index (χ0) is 15.2. The van der Waals surface area contributed by atoms with Crippen molar-refractivity contribution in [2.75, 3.05) is 11.5 Å². The Hall–Kier alpha value is -1.96. The number of carbonyl (C=O) groups is 2. The van der Waals surface area contributed by atoms with Gasteiger partial charge in [-0.2, -0.15) is 0 Å². The molecule has 0 aliphatic rings. The SMILES string of the molecule is CC(=O)N[C@@H](CS(=O)(=O)CCc1ccncc1)C(=O)O. The zero-order valence-corrected chi connectivity index (χ0v) is 11.8. The summed E-state index contributed by atoms with van der Waals surface area (Å²) in [6.45, 7) is 1.14. The lowest BCUT2D eigenvalue weighted by molar-refractivity contribution is -0.140. The second kappa shape index (κ2) is 6.99. The molecule has 1 rings (SSSR count). The van der Waals surface area contributed by atoms with E-state index in [1.54, 1.807) is 24.5 Å². The average molecular weight is 300 g/mol. The van der Waals surface area contributed by atoms with Gasteiger partial charge < -0.3 is 10.4 Å². The van der Waals surface area contributed by atoms with Crippen LogP contribution in [-0.2, 0) is 25.8 Å². The lowest BCUT2D eigenvalue weighted by Gasteiger charge is -2.13. The molecule has 0 spiro atoms. The Balaban J connectivity index is 2.63. The molecule has 110 valence electrons. The summed E-state index contributed by atoms with van der Waals surface area (Å²) in [4.78, 5) is 25.6. The van der Waals surface area contributed by atoms with Crippen molar-refractivity contribution in [3.63, 3.8) is 0 Å². The van der Waals surface area contributed by atoms with Crippen LogP contribution >= 0.6 is 0 Å². The minimum absolute atomic E-state index is 0.180. The molecule has 7 nitrogen and oxygen atoms in total. The normalized spacial score (nSPS) is 12.7. The third kappa shape index (κ3) is 5.79. The van der Waals surface area contributed by atoms with Gasteiger partial charge in [-0.3, -0.25) is 9.78 Å². The topological polar surface area (TPSA) is 113 Å². The van der Waals surface area contributed by atoms with Crippen molar-refractivity contribution >= 4 is 21.7 Å². The van der Waals surface area contributed by atoms with Crippen LogP contribution in [0.2, 0.25) is 0 Å². The van der Waals surface area contributed by atoms with Crippen molar-refractivity contribution in [1.29, 1.82) is 0 Å². The number of nitrogens with one attached hydrogen (secondary N) is 1. The maximum absolute atomic E-state index is 11.9. The highest BCUT2D eigenvalue weighted by Crippen LogP contribution is 2.03. The first-order chi connectivity index (χ1) is 9.30. The average Bonchev–Trinajstić information content (AvgIpc) is 2.36. The summed E-state index contributed by atoms with van der Waals surface area (Å²) in [6, 6.07) is 1.96. The highest BCUT2D eigenvalue weighted by Gasteiger charge is 2.25. The van der Waals surface area contributed by atoms with Crippen LogP contribution in [0, 0.1) is 0 Å². The smallest absolute Gasteiger partial charge is 0.327 e. The van der Waals surface area contributed by atoms with Gasteiger partial charge in [-0.25, -0.2) is 13.2 Å². The Morgan fingerprint density at radius 3 is 2.45 bits per heavy atom.